The summed E-state index contributed by atoms with van der Waals surface area (Å²) in [4.78, 5) is 12.3. The predicted molar refractivity (Wildman–Crippen MR) is 94.0 cm³/mol. The van der Waals surface area contributed by atoms with E-state index in [2.05, 4.69) is 10.4 Å². The highest BCUT2D eigenvalue weighted by Gasteiger charge is 2.08. The fourth-order valence-electron chi connectivity index (χ4n) is 2.52. The lowest BCUT2D eigenvalue weighted by atomic mass is 10.2. The Bertz CT molecular complexity index is 849. The van der Waals surface area contributed by atoms with Crippen LogP contribution in [0.15, 0.2) is 54.6 Å². The summed E-state index contributed by atoms with van der Waals surface area (Å²) in [5, 5.41) is 7.31. The fourth-order valence-corrected chi connectivity index (χ4v) is 2.52. The molecular weight excluding hydrogens is 302 g/mol. The molecule has 1 amide bonds. The lowest BCUT2D eigenvalue weighted by molar-refractivity contribution is 0.102. The summed E-state index contributed by atoms with van der Waals surface area (Å²) in [5.41, 5.74) is 4.28. The molecule has 0 bridgehead atoms. The summed E-state index contributed by atoms with van der Waals surface area (Å²) >= 11 is 0. The monoisotopic (exact) mass is 321 g/mol. The number of aromatic nitrogens is 2. The first-order valence-corrected chi connectivity index (χ1v) is 7.66. The van der Waals surface area contributed by atoms with Gasteiger partial charge in [0.05, 0.1) is 18.5 Å². The molecule has 122 valence electrons. The van der Waals surface area contributed by atoms with E-state index in [9.17, 15) is 4.79 Å². The number of anilines is 1. The molecule has 1 aromatic heterocycles. The molecule has 0 aliphatic rings. The van der Waals surface area contributed by atoms with Gasteiger partial charge in [0.15, 0.2) is 0 Å². The Labute approximate surface area is 140 Å². The van der Waals surface area contributed by atoms with Crippen molar-refractivity contribution in [1.82, 2.24) is 9.78 Å². The highest BCUT2D eigenvalue weighted by Crippen LogP contribution is 2.17. The van der Waals surface area contributed by atoms with Crippen molar-refractivity contribution in [2.24, 2.45) is 0 Å². The minimum atomic E-state index is -0.153. The van der Waals surface area contributed by atoms with E-state index in [1.807, 2.05) is 48.9 Å². The summed E-state index contributed by atoms with van der Waals surface area (Å²) in [7, 11) is 1.61. The van der Waals surface area contributed by atoms with E-state index in [1.54, 1.807) is 31.4 Å². The SMILES string of the molecule is COc1ccc(NC(=O)c2ccc(-n3nc(C)cc3C)cc2)cc1. The maximum Gasteiger partial charge on any atom is 0.255 e. The molecule has 0 unspecified atom stereocenters. The van der Waals surface area contributed by atoms with E-state index in [0.717, 1.165) is 28.5 Å². The number of nitrogens with one attached hydrogen (secondary N) is 1. The average molecular weight is 321 g/mol. The Kier molecular flexibility index (Phi) is 4.33. The number of hydrogen-bond donors (Lipinski definition) is 1. The van der Waals surface area contributed by atoms with Gasteiger partial charge in [-0.05, 0) is 68.4 Å². The summed E-state index contributed by atoms with van der Waals surface area (Å²) < 4.78 is 6.97. The van der Waals surface area contributed by atoms with E-state index < -0.39 is 0 Å². The standard InChI is InChI=1S/C19H19N3O2/c1-13-12-14(2)22(21-13)17-8-4-15(5-9-17)19(23)20-16-6-10-18(24-3)11-7-16/h4-12H,1-3H3,(H,20,23). The van der Waals surface area contributed by atoms with Crippen LogP contribution in [-0.2, 0) is 0 Å². The van der Waals surface area contributed by atoms with Gasteiger partial charge in [0.25, 0.3) is 5.91 Å². The summed E-state index contributed by atoms with van der Waals surface area (Å²) in [6, 6.07) is 16.6. The summed E-state index contributed by atoms with van der Waals surface area (Å²) in [5.74, 6) is 0.599. The zero-order valence-corrected chi connectivity index (χ0v) is 13.9. The summed E-state index contributed by atoms with van der Waals surface area (Å²) in [6.45, 7) is 3.96. The molecule has 0 spiro atoms. The maximum absolute atomic E-state index is 12.3. The van der Waals surface area contributed by atoms with Crippen LogP contribution in [-0.4, -0.2) is 22.8 Å². The molecule has 0 aliphatic heterocycles. The number of carbonyl (C=O) groups is 1. The van der Waals surface area contributed by atoms with Crippen molar-refractivity contribution in [1.29, 1.82) is 0 Å². The predicted octanol–water partition coefficient (Wildman–Crippen LogP) is 3.75. The maximum atomic E-state index is 12.3. The first-order valence-electron chi connectivity index (χ1n) is 7.66. The molecule has 0 fully saturated rings. The molecule has 0 aliphatic carbocycles. The number of methoxy groups -OCH3 is 1. The minimum absolute atomic E-state index is 0.153. The van der Waals surface area contributed by atoms with Gasteiger partial charge in [-0.25, -0.2) is 4.68 Å². The minimum Gasteiger partial charge on any atom is -0.497 e. The number of nitrogens with zero attached hydrogens (tertiary/aromatic N) is 2. The molecular formula is C19H19N3O2. The smallest absolute Gasteiger partial charge is 0.255 e. The molecule has 0 saturated heterocycles. The Balaban J connectivity index is 1.74. The van der Waals surface area contributed by atoms with Gasteiger partial charge in [-0.2, -0.15) is 5.10 Å². The first-order chi connectivity index (χ1) is 11.6. The van der Waals surface area contributed by atoms with Crippen molar-refractivity contribution in [3.05, 3.63) is 71.5 Å². The van der Waals surface area contributed by atoms with E-state index in [0.29, 0.717) is 5.56 Å². The molecule has 5 nitrogen and oxygen atoms in total. The molecule has 1 heterocycles. The van der Waals surface area contributed by atoms with Crippen LogP contribution in [0, 0.1) is 13.8 Å². The largest absolute Gasteiger partial charge is 0.497 e. The molecule has 3 rings (SSSR count). The van der Waals surface area contributed by atoms with Gasteiger partial charge in [-0.3, -0.25) is 4.79 Å². The topological polar surface area (TPSA) is 56.1 Å². The first kappa shape index (κ1) is 15.8. The Morgan fingerprint density at radius 3 is 2.25 bits per heavy atom. The number of ether oxygens (including phenoxy) is 1. The quantitative estimate of drug-likeness (QED) is 0.796. The highest BCUT2D eigenvalue weighted by molar-refractivity contribution is 6.04. The van der Waals surface area contributed by atoms with Crippen molar-refractivity contribution in [2.45, 2.75) is 13.8 Å². The average Bonchev–Trinajstić information content (AvgIpc) is 2.94. The third-order valence-electron chi connectivity index (χ3n) is 3.73. The molecule has 2 aromatic carbocycles. The van der Waals surface area contributed by atoms with E-state index in [4.69, 9.17) is 4.74 Å². The zero-order valence-electron chi connectivity index (χ0n) is 13.9. The molecule has 24 heavy (non-hydrogen) atoms. The molecule has 0 saturated carbocycles. The van der Waals surface area contributed by atoms with Crippen molar-refractivity contribution in [3.8, 4) is 11.4 Å². The molecule has 1 N–H and O–H groups in total. The number of benzene rings is 2. The second-order valence-electron chi connectivity index (χ2n) is 5.57. The van der Waals surface area contributed by atoms with Crippen molar-refractivity contribution < 1.29 is 9.53 Å². The van der Waals surface area contributed by atoms with Crippen LogP contribution in [0.2, 0.25) is 0 Å². The van der Waals surface area contributed by atoms with Gasteiger partial charge in [0, 0.05) is 16.9 Å². The van der Waals surface area contributed by atoms with E-state index in [-0.39, 0.29) is 5.91 Å². The van der Waals surface area contributed by atoms with E-state index in [1.165, 1.54) is 0 Å². The normalized spacial score (nSPS) is 10.5. The molecule has 0 atom stereocenters. The Morgan fingerprint density at radius 1 is 1.04 bits per heavy atom. The zero-order chi connectivity index (χ0) is 17.1. The second-order valence-corrected chi connectivity index (χ2v) is 5.57. The van der Waals surface area contributed by atoms with Gasteiger partial charge < -0.3 is 10.1 Å². The molecule has 0 radical (unpaired) electrons. The number of aryl methyl sites for hydroxylation is 2. The summed E-state index contributed by atoms with van der Waals surface area (Å²) in [6.07, 6.45) is 0. The van der Waals surface area contributed by atoms with Crippen LogP contribution in [0.3, 0.4) is 0 Å². The molecule has 3 aromatic rings. The third-order valence-corrected chi connectivity index (χ3v) is 3.73. The van der Waals surface area contributed by atoms with Crippen molar-refractivity contribution in [2.75, 3.05) is 12.4 Å². The highest BCUT2D eigenvalue weighted by atomic mass is 16.5. The van der Waals surface area contributed by atoms with Gasteiger partial charge >= 0.3 is 0 Å². The van der Waals surface area contributed by atoms with Crippen LogP contribution in [0.4, 0.5) is 5.69 Å². The van der Waals surface area contributed by atoms with Crippen molar-refractivity contribution in [3.63, 3.8) is 0 Å². The van der Waals surface area contributed by atoms with Crippen LogP contribution in [0.25, 0.3) is 5.69 Å². The number of hydrogen-bond acceptors (Lipinski definition) is 3. The van der Waals surface area contributed by atoms with Crippen LogP contribution < -0.4 is 10.1 Å². The van der Waals surface area contributed by atoms with Gasteiger partial charge in [0.1, 0.15) is 5.75 Å². The number of amides is 1. The van der Waals surface area contributed by atoms with Crippen LogP contribution in [0.1, 0.15) is 21.7 Å². The van der Waals surface area contributed by atoms with Crippen LogP contribution >= 0.6 is 0 Å². The Hall–Kier alpha value is -3.08. The fraction of sp³-hybridized carbons (Fsp3) is 0.158. The Morgan fingerprint density at radius 2 is 1.71 bits per heavy atom. The van der Waals surface area contributed by atoms with Crippen LogP contribution in [0.5, 0.6) is 5.75 Å². The van der Waals surface area contributed by atoms with E-state index >= 15 is 0 Å². The second kappa shape index (κ2) is 6.58. The lowest BCUT2D eigenvalue weighted by Crippen LogP contribution is -2.12. The number of carbonyl (C=O) groups excluding carboxylic acids is 1. The lowest BCUT2D eigenvalue weighted by Gasteiger charge is -2.08. The van der Waals surface area contributed by atoms with Gasteiger partial charge in [0.2, 0.25) is 0 Å². The van der Waals surface area contributed by atoms with Gasteiger partial charge in [-0.1, -0.05) is 0 Å². The third kappa shape index (κ3) is 3.30. The number of rotatable bonds is 4. The van der Waals surface area contributed by atoms with Gasteiger partial charge in [-0.15, -0.1) is 0 Å². The van der Waals surface area contributed by atoms with Crippen molar-refractivity contribution >= 4 is 11.6 Å². The molecule has 5 heteroatoms.